The fourth-order valence-electron chi connectivity index (χ4n) is 3.19. The van der Waals surface area contributed by atoms with Crippen LogP contribution in [0.4, 0.5) is 5.69 Å². The number of amides is 1. The molecule has 1 aliphatic heterocycles. The molecule has 2 heterocycles. The molecule has 1 aliphatic rings. The molecule has 4 nitrogen and oxygen atoms in total. The lowest BCUT2D eigenvalue weighted by Crippen LogP contribution is -2.44. The monoisotopic (exact) mass is 344 g/mol. The predicted molar refractivity (Wildman–Crippen MR) is 98.7 cm³/mol. The highest BCUT2D eigenvalue weighted by Gasteiger charge is 2.29. The molecule has 1 N–H and O–H groups in total. The standard InChI is InChI=1S/C19H24N2O2S/c1-14-12-15(9-10-20-14)19(22)21(13-18-4-3-11-24-18)16-5-7-17(23-2)8-6-16/h3-8,11,14-15,20H,9-10,12-13H2,1-2H3/t14-,15-/m0/s1. The van der Waals surface area contributed by atoms with Gasteiger partial charge in [-0.25, -0.2) is 0 Å². The molecule has 5 heteroatoms. The van der Waals surface area contributed by atoms with Crippen LogP contribution in [0.3, 0.4) is 0 Å². The molecule has 0 aliphatic carbocycles. The van der Waals surface area contributed by atoms with Crippen LogP contribution in [0.5, 0.6) is 5.75 Å². The van der Waals surface area contributed by atoms with E-state index in [1.165, 1.54) is 4.88 Å². The van der Waals surface area contributed by atoms with Gasteiger partial charge < -0.3 is 15.0 Å². The van der Waals surface area contributed by atoms with E-state index in [9.17, 15) is 4.79 Å². The fraction of sp³-hybridized carbons (Fsp3) is 0.421. The van der Waals surface area contributed by atoms with Crippen LogP contribution in [0.1, 0.15) is 24.6 Å². The van der Waals surface area contributed by atoms with Crippen molar-refractivity contribution in [3.63, 3.8) is 0 Å². The number of hydrogen-bond donors (Lipinski definition) is 1. The predicted octanol–water partition coefficient (Wildman–Crippen LogP) is 3.68. The van der Waals surface area contributed by atoms with Gasteiger partial charge in [-0.1, -0.05) is 6.07 Å². The van der Waals surface area contributed by atoms with E-state index in [4.69, 9.17) is 4.74 Å². The summed E-state index contributed by atoms with van der Waals surface area (Å²) in [7, 11) is 1.65. The Morgan fingerprint density at radius 1 is 1.33 bits per heavy atom. The van der Waals surface area contributed by atoms with E-state index in [-0.39, 0.29) is 11.8 Å². The first-order valence-electron chi connectivity index (χ1n) is 8.38. The number of nitrogens with zero attached hydrogens (tertiary/aromatic N) is 1. The SMILES string of the molecule is COc1ccc(N(Cc2cccs2)C(=O)[C@H]2CCN[C@@H](C)C2)cc1. The zero-order valence-corrected chi connectivity index (χ0v) is 15.0. The lowest BCUT2D eigenvalue weighted by atomic mass is 9.91. The highest BCUT2D eigenvalue weighted by Crippen LogP contribution is 2.27. The fourth-order valence-corrected chi connectivity index (χ4v) is 3.89. The normalized spacial score (nSPS) is 20.6. The van der Waals surface area contributed by atoms with Crippen molar-refractivity contribution in [3.8, 4) is 5.75 Å². The molecule has 1 aromatic heterocycles. The van der Waals surface area contributed by atoms with E-state index in [1.54, 1.807) is 18.4 Å². The molecule has 1 aromatic carbocycles. The van der Waals surface area contributed by atoms with Gasteiger partial charge in [0.15, 0.2) is 0 Å². The number of hydrogen-bond acceptors (Lipinski definition) is 4. The van der Waals surface area contributed by atoms with E-state index < -0.39 is 0 Å². The molecule has 0 saturated carbocycles. The third kappa shape index (κ3) is 3.97. The number of anilines is 1. The number of carbonyl (C=O) groups excluding carboxylic acids is 1. The topological polar surface area (TPSA) is 41.6 Å². The zero-order valence-electron chi connectivity index (χ0n) is 14.2. The van der Waals surface area contributed by atoms with Crippen LogP contribution in [-0.4, -0.2) is 25.6 Å². The molecule has 2 atom stereocenters. The molecule has 0 unspecified atom stereocenters. The van der Waals surface area contributed by atoms with E-state index >= 15 is 0 Å². The smallest absolute Gasteiger partial charge is 0.230 e. The molecular weight excluding hydrogens is 320 g/mol. The van der Waals surface area contributed by atoms with Crippen LogP contribution in [0.2, 0.25) is 0 Å². The van der Waals surface area contributed by atoms with Crippen molar-refractivity contribution in [1.82, 2.24) is 5.32 Å². The minimum atomic E-state index is 0.0864. The Morgan fingerprint density at radius 2 is 2.12 bits per heavy atom. The lowest BCUT2D eigenvalue weighted by molar-refractivity contribution is -0.123. The van der Waals surface area contributed by atoms with E-state index in [1.807, 2.05) is 35.2 Å². The Bertz CT molecular complexity index is 655. The van der Waals surface area contributed by atoms with Gasteiger partial charge in [0.1, 0.15) is 5.75 Å². The van der Waals surface area contributed by atoms with Crippen molar-refractivity contribution in [1.29, 1.82) is 0 Å². The first kappa shape index (κ1) is 17.0. The summed E-state index contributed by atoms with van der Waals surface area (Å²) >= 11 is 1.69. The molecule has 24 heavy (non-hydrogen) atoms. The summed E-state index contributed by atoms with van der Waals surface area (Å²) in [6, 6.07) is 12.3. The summed E-state index contributed by atoms with van der Waals surface area (Å²) in [6.07, 6.45) is 1.80. The van der Waals surface area contributed by atoms with Gasteiger partial charge in [-0.2, -0.15) is 0 Å². The van der Waals surface area contributed by atoms with Crippen molar-refractivity contribution < 1.29 is 9.53 Å². The largest absolute Gasteiger partial charge is 0.497 e. The Morgan fingerprint density at radius 3 is 2.75 bits per heavy atom. The number of thiophene rings is 1. The van der Waals surface area contributed by atoms with Crippen LogP contribution >= 0.6 is 11.3 Å². The second kappa shape index (κ2) is 7.81. The first-order chi connectivity index (χ1) is 11.7. The number of rotatable bonds is 5. The zero-order chi connectivity index (χ0) is 16.9. The summed E-state index contributed by atoms with van der Waals surface area (Å²) in [6.45, 7) is 3.69. The third-order valence-corrected chi connectivity index (χ3v) is 5.38. The molecule has 0 radical (unpaired) electrons. The summed E-state index contributed by atoms with van der Waals surface area (Å²) in [5.41, 5.74) is 0.931. The van der Waals surface area contributed by atoms with Gasteiger partial charge in [0.05, 0.1) is 13.7 Å². The van der Waals surface area contributed by atoms with Crippen molar-refractivity contribution in [3.05, 3.63) is 46.7 Å². The second-order valence-corrected chi connectivity index (χ2v) is 7.31. The molecule has 2 aromatic rings. The Kier molecular flexibility index (Phi) is 5.53. The van der Waals surface area contributed by atoms with Gasteiger partial charge in [0, 0.05) is 22.5 Å². The van der Waals surface area contributed by atoms with Gasteiger partial charge in [-0.3, -0.25) is 4.79 Å². The van der Waals surface area contributed by atoms with Crippen LogP contribution < -0.4 is 15.0 Å². The van der Waals surface area contributed by atoms with Gasteiger partial charge in [0.2, 0.25) is 5.91 Å². The third-order valence-electron chi connectivity index (χ3n) is 4.52. The maximum Gasteiger partial charge on any atom is 0.230 e. The van der Waals surface area contributed by atoms with Crippen molar-refractivity contribution in [2.24, 2.45) is 5.92 Å². The number of nitrogens with one attached hydrogen (secondary N) is 1. The molecule has 1 saturated heterocycles. The number of carbonyl (C=O) groups is 1. The Hall–Kier alpha value is -1.85. The Labute approximate surface area is 147 Å². The lowest BCUT2D eigenvalue weighted by Gasteiger charge is -2.32. The summed E-state index contributed by atoms with van der Waals surface area (Å²) < 4.78 is 5.24. The maximum atomic E-state index is 13.2. The summed E-state index contributed by atoms with van der Waals surface area (Å²) in [5.74, 6) is 1.11. The maximum absolute atomic E-state index is 13.2. The average molecular weight is 344 g/mol. The number of benzene rings is 1. The summed E-state index contributed by atoms with van der Waals surface area (Å²) in [5, 5.41) is 5.48. The Balaban J connectivity index is 1.84. The number of methoxy groups -OCH3 is 1. The summed E-state index contributed by atoms with van der Waals surface area (Å²) in [4.78, 5) is 16.3. The van der Waals surface area contributed by atoms with Gasteiger partial charge in [-0.15, -0.1) is 11.3 Å². The number of ether oxygens (including phenoxy) is 1. The minimum absolute atomic E-state index is 0.0864. The van der Waals surface area contributed by atoms with Gasteiger partial charge >= 0.3 is 0 Å². The molecule has 0 spiro atoms. The van der Waals surface area contributed by atoms with Gasteiger partial charge in [0.25, 0.3) is 0 Å². The molecule has 0 bridgehead atoms. The average Bonchev–Trinajstić information content (AvgIpc) is 3.12. The van der Waals surface area contributed by atoms with Crippen LogP contribution in [0, 0.1) is 5.92 Å². The van der Waals surface area contributed by atoms with Crippen molar-refractivity contribution in [2.75, 3.05) is 18.6 Å². The van der Waals surface area contributed by atoms with Gasteiger partial charge in [-0.05, 0) is 62.0 Å². The molecule has 1 fully saturated rings. The molecule has 1 amide bonds. The van der Waals surface area contributed by atoms with E-state index in [0.717, 1.165) is 30.8 Å². The van der Waals surface area contributed by atoms with Crippen LogP contribution in [0.25, 0.3) is 0 Å². The van der Waals surface area contributed by atoms with Crippen LogP contribution in [-0.2, 0) is 11.3 Å². The number of piperidine rings is 1. The van der Waals surface area contributed by atoms with Crippen molar-refractivity contribution >= 4 is 22.9 Å². The van der Waals surface area contributed by atoms with Crippen LogP contribution in [0.15, 0.2) is 41.8 Å². The van der Waals surface area contributed by atoms with E-state index in [0.29, 0.717) is 12.6 Å². The minimum Gasteiger partial charge on any atom is -0.497 e. The molecule has 3 rings (SSSR count). The highest BCUT2D eigenvalue weighted by atomic mass is 32.1. The highest BCUT2D eigenvalue weighted by molar-refractivity contribution is 7.09. The first-order valence-corrected chi connectivity index (χ1v) is 9.26. The molecular formula is C19H24N2O2S. The quantitative estimate of drug-likeness (QED) is 0.900. The van der Waals surface area contributed by atoms with Crippen molar-refractivity contribution in [2.45, 2.75) is 32.4 Å². The molecule has 128 valence electrons. The second-order valence-electron chi connectivity index (χ2n) is 6.28. The van der Waals surface area contributed by atoms with E-state index in [2.05, 4.69) is 23.7 Å².